The molecule has 0 unspecified atom stereocenters. The van der Waals surface area contributed by atoms with Gasteiger partial charge < -0.3 is 14.7 Å². The smallest absolute Gasteiger partial charge is 0.194 e. The molecular formula is C18H35IN6O. The molecular weight excluding hydrogens is 443 g/mol. The van der Waals surface area contributed by atoms with Crippen LogP contribution in [-0.4, -0.2) is 84.2 Å². The maximum absolute atomic E-state index is 4.92. The standard InChI is InChI=1S/C18H34N6O.HI/c1-5-19-18(20-8-9-23(6-2)16(3)4)24-12-10-22(11-13-24)15-17-7-14-25-21-17;/h7,14,16H,5-6,8-13,15H2,1-4H3,(H,19,20);1H. The van der Waals surface area contributed by atoms with E-state index in [1.165, 1.54) is 0 Å². The number of nitrogens with zero attached hydrogens (tertiary/aromatic N) is 5. The molecule has 150 valence electrons. The highest BCUT2D eigenvalue weighted by molar-refractivity contribution is 14.0. The molecule has 26 heavy (non-hydrogen) atoms. The third-order valence-corrected chi connectivity index (χ3v) is 4.67. The van der Waals surface area contributed by atoms with Crippen LogP contribution >= 0.6 is 24.0 Å². The van der Waals surface area contributed by atoms with Gasteiger partial charge in [-0.2, -0.15) is 0 Å². The minimum Gasteiger partial charge on any atom is -0.364 e. The van der Waals surface area contributed by atoms with E-state index in [-0.39, 0.29) is 24.0 Å². The number of guanidine groups is 1. The fourth-order valence-corrected chi connectivity index (χ4v) is 3.16. The monoisotopic (exact) mass is 478 g/mol. The lowest BCUT2D eigenvalue weighted by Crippen LogP contribution is -2.52. The van der Waals surface area contributed by atoms with Gasteiger partial charge in [0.2, 0.25) is 0 Å². The van der Waals surface area contributed by atoms with Crippen LogP contribution in [0.3, 0.4) is 0 Å². The van der Waals surface area contributed by atoms with Crippen molar-refractivity contribution < 1.29 is 4.52 Å². The Morgan fingerprint density at radius 2 is 2.04 bits per heavy atom. The van der Waals surface area contributed by atoms with Gasteiger partial charge in [-0.05, 0) is 27.3 Å². The molecule has 2 heterocycles. The highest BCUT2D eigenvalue weighted by atomic mass is 127. The summed E-state index contributed by atoms with van der Waals surface area (Å²) in [6.07, 6.45) is 1.64. The second-order valence-electron chi connectivity index (χ2n) is 6.71. The molecule has 2 rings (SSSR count). The summed E-state index contributed by atoms with van der Waals surface area (Å²) in [4.78, 5) is 12.1. The van der Waals surface area contributed by atoms with Gasteiger partial charge in [0, 0.05) is 57.9 Å². The molecule has 1 saturated heterocycles. The van der Waals surface area contributed by atoms with Crippen LogP contribution in [0.2, 0.25) is 0 Å². The summed E-state index contributed by atoms with van der Waals surface area (Å²) in [5.41, 5.74) is 1.00. The topological polar surface area (TPSA) is 60.1 Å². The van der Waals surface area contributed by atoms with Crippen molar-refractivity contribution in [2.24, 2.45) is 4.99 Å². The zero-order valence-corrected chi connectivity index (χ0v) is 19.0. The molecule has 1 aromatic rings. The van der Waals surface area contributed by atoms with Crippen LogP contribution in [0.5, 0.6) is 0 Å². The van der Waals surface area contributed by atoms with Gasteiger partial charge in [-0.1, -0.05) is 12.1 Å². The number of likely N-dealkylation sites (N-methyl/N-ethyl adjacent to an activating group) is 1. The van der Waals surface area contributed by atoms with Crippen LogP contribution in [0.4, 0.5) is 0 Å². The second kappa shape index (κ2) is 12.5. The fraction of sp³-hybridized carbons (Fsp3) is 0.778. The largest absolute Gasteiger partial charge is 0.364 e. The van der Waals surface area contributed by atoms with Gasteiger partial charge in [0.05, 0.1) is 12.2 Å². The van der Waals surface area contributed by atoms with Crippen molar-refractivity contribution in [3.63, 3.8) is 0 Å². The van der Waals surface area contributed by atoms with Crippen molar-refractivity contribution in [1.82, 2.24) is 25.2 Å². The Labute approximate surface area is 175 Å². The van der Waals surface area contributed by atoms with E-state index in [0.29, 0.717) is 6.04 Å². The number of aromatic nitrogens is 1. The molecule has 0 saturated carbocycles. The summed E-state index contributed by atoms with van der Waals surface area (Å²) in [5, 5.41) is 7.45. The van der Waals surface area contributed by atoms with Crippen molar-refractivity contribution in [1.29, 1.82) is 0 Å². The Hall–Kier alpha value is -0.870. The lowest BCUT2D eigenvalue weighted by atomic mass is 10.3. The molecule has 7 nitrogen and oxygen atoms in total. The van der Waals surface area contributed by atoms with Crippen molar-refractivity contribution in [2.75, 3.05) is 52.4 Å². The van der Waals surface area contributed by atoms with E-state index < -0.39 is 0 Å². The first-order valence-corrected chi connectivity index (χ1v) is 9.53. The molecule has 0 amide bonds. The van der Waals surface area contributed by atoms with Gasteiger partial charge >= 0.3 is 0 Å². The Morgan fingerprint density at radius 3 is 2.58 bits per heavy atom. The molecule has 0 aromatic carbocycles. The van der Waals surface area contributed by atoms with Crippen LogP contribution < -0.4 is 5.32 Å². The van der Waals surface area contributed by atoms with E-state index in [0.717, 1.165) is 70.6 Å². The highest BCUT2D eigenvalue weighted by Gasteiger charge is 2.20. The third kappa shape index (κ3) is 7.40. The van der Waals surface area contributed by atoms with Crippen LogP contribution in [0.1, 0.15) is 33.4 Å². The van der Waals surface area contributed by atoms with Gasteiger partial charge in [0.1, 0.15) is 6.26 Å². The summed E-state index contributed by atoms with van der Waals surface area (Å²) in [7, 11) is 0. The first-order valence-electron chi connectivity index (χ1n) is 9.53. The number of hydrogen-bond donors (Lipinski definition) is 1. The van der Waals surface area contributed by atoms with E-state index in [2.05, 4.69) is 52.9 Å². The highest BCUT2D eigenvalue weighted by Crippen LogP contribution is 2.07. The quantitative estimate of drug-likeness (QED) is 0.351. The molecule has 1 aliphatic heterocycles. The molecule has 1 aliphatic rings. The summed E-state index contributed by atoms with van der Waals surface area (Å²) in [6.45, 7) is 17.5. The maximum Gasteiger partial charge on any atom is 0.194 e. The van der Waals surface area contributed by atoms with Gasteiger partial charge in [-0.3, -0.25) is 14.8 Å². The molecule has 0 bridgehead atoms. The summed E-state index contributed by atoms with van der Waals surface area (Å²) in [5.74, 6) is 1.04. The Morgan fingerprint density at radius 1 is 1.31 bits per heavy atom. The number of nitrogens with one attached hydrogen (secondary N) is 1. The van der Waals surface area contributed by atoms with E-state index in [1.54, 1.807) is 6.26 Å². The molecule has 0 spiro atoms. The number of rotatable bonds is 8. The van der Waals surface area contributed by atoms with Crippen molar-refractivity contribution >= 4 is 29.9 Å². The molecule has 0 atom stereocenters. The Kier molecular flexibility index (Phi) is 11.1. The number of hydrogen-bond acceptors (Lipinski definition) is 5. The van der Waals surface area contributed by atoms with Crippen LogP contribution in [-0.2, 0) is 6.54 Å². The van der Waals surface area contributed by atoms with Crippen LogP contribution in [0, 0.1) is 0 Å². The third-order valence-electron chi connectivity index (χ3n) is 4.67. The van der Waals surface area contributed by atoms with E-state index >= 15 is 0 Å². The summed E-state index contributed by atoms with van der Waals surface area (Å²) in [6, 6.07) is 2.51. The Balaban J connectivity index is 0.00000338. The second-order valence-corrected chi connectivity index (χ2v) is 6.71. The van der Waals surface area contributed by atoms with E-state index in [4.69, 9.17) is 9.52 Å². The lowest BCUT2D eigenvalue weighted by Gasteiger charge is -2.36. The number of halogens is 1. The minimum absolute atomic E-state index is 0. The zero-order chi connectivity index (χ0) is 18.1. The predicted octanol–water partition coefficient (Wildman–Crippen LogP) is 2.11. The van der Waals surface area contributed by atoms with Gasteiger partial charge in [-0.15, -0.1) is 24.0 Å². The average molecular weight is 478 g/mol. The predicted molar refractivity (Wildman–Crippen MR) is 117 cm³/mol. The van der Waals surface area contributed by atoms with Gasteiger partial charge in [0.15, 0.2) is 5.96 Å². The molecule has 1 fully saturated rings. The first-order chi connectivity index (χ1) is 12.1. The van der Waals surface area contributed by atoms with Gasteiger partial charge in [-0.25, -0.2) is 0 Å². The van der Waals surface area contributed by atoms with Crippen molar-refractivity contribution in [3.8, 4) is 0 Å². The van der Waals surface area contributed by atoms with Gasteiger partial charge in [0.25, 0.3) is 0 Å². The lowest BCUT2D eigenvalue weighted by molar-refractivity contribution is 0.168. The van der Waals surface area contributed by atoms with E-state index in [9.17, 15) is 0 Å². The molecule has 0 aliphatic carbocycles. The first kappa shape index (κ1) is 23.2. The van der Waals surface area contributed by atoms with Crippen molar-refractivity contribution in [3.05, 3.63) is 18.0 Å². The van der Waals surface area contributed by atoms with Crippen molar-refractivity contribution in [2.45, 2.75) is 40.3 Å². The van der Waals surface area contributed by atoms with Crippen LogP contribution in [0.25, 0.3) is 0 Å². The summed E-state index contributed by atoms with van der Waals surface area (Å²) >= 11 is 0. The molecule has 0 radical (unpaired) electrons. The average Bonchev–Trinajstić information content (AvgIpc) is 3.11. The number of piperazine rings is 1. The molecule has 1 aromatic heterocycles. The normalized spacial score (nSPS) is 16.2. The fourth-order valence-electron chi connectivity index (χ4n) is 3.16. The van der Waals surface area contributed by atoms with E-state index in [1.807, 2.05) is 6.07 Å². The SMILES string of the molecule is CCNC(=NCCN(CC)C(C)C)N1CCN(Cc2ccon2)CC1.I. The van der Waals surface area contributed by atoms with Crippen LogP contribution in [0.15, 0.2) is 21.8 Å². The minimum atomic E-state index is 0. The molecule has 8 heteroatoms. The maximum atomic E-state index is 4.92. The molecule has 1 N–H and O–H groups in total. The Bertz CT molecular complexity index is 500. The number of aliphatic imine (C=N–C) groups is 1. The summed E-state index contributed by atoms with van der Waals surface area (Å²) < 4.78 is 4.92. The zero-order valence-electron chi connectivity index (χ0n) is 16.6.